The van der Waals surface area contributed by atoms with Crippen molar-refractivity contribution in [1.29, 1.82) is 0 Å². The van der Waals surface area contributed by atoms with Gasteiger partial charge in [0.25, 0.3) is 10.0 Å². The Hall–Kier alpha value is -2.55. The van der Waals surface area contributed by atoms with Crippen LogP contribution in [0.15, 0.2) is 35.7 Å². The van der Waals surface area contributed by atoms with Gasteiger partial charge in [0, 0.05) is 18.9 Å². The SMILES string of the molecule is Cn1cnc(S(=O)(=O)Nc2cc(N)ccc2C(=O)O)c1. The number of nitrogen functional groups attached to an aromatic ring is 1. The lowest BCUT2D eigenvalue weighted by atomic mass is 10.1. The van der Waals surface area contributed by atoms with Gasteiger partial charge in [0.1, 0.15) is 0 Å². The van der Waals surface area contributed by atoms with Crippen LogP contribution in [0.5, 0.6) is 0 Å². The van der Waals surface area contributed by atoms with Gasteiger partial charge in [0.2, 0.25) is 0 Å². The standard InChI is InChI=1S/C11H12N4O4S/c1-15-5-10(13-6-15)20(18,19)14-9-4-7(12)2-3-8(9)11(16)17/h2-6,14H,12H2,1H3,(H,16,17). The van der Waals surface area contributed by atoms with E-state index >= 15 is 0 Å². The first-order valence-corrected chi connectivity index (χ1v) is 6.91. The van der Waals surface area contributed by atoms with Gasteiger partial charge in [-0.1, -0.05) is 0 Å². The monoisotopic (exact) mass is 296 g/mol. The molecule has 0 saturated heterocycles. The Morgan fingerprint density at radius 3 is 2.70 bits per heavy atom. The number of hydrogen-bond acceptors (Lipinski definition) is 5. The van der Waals surface area contributed by atoms with Crippen LogP contribution in [0.25, 0.3) is 0 Å². The van der Waals surface area contributed by atoms with Crippen molar-refractivity contribution in [2.75, 3.05) is 10.5 Å². The Balaban J connectivity index is 2.44. The molecule has 0 aliphatic carbocycles. The van der Waals surface area contributed by atoms with Crippen LogP contribution in [-0.2, 0) is 17.1 Å². The number of rotatable bonds is 4. The highest BCUT2D eigenvalue weighted by molar-refractivity contribution is 7.92. The molecule has 0 amide bonds. The molecule has 9 heteroatoms. The Morgan fingerprint density at radius 1 is 1.45 bits per heavy atom. The highest BCUT2D eigenvalue weighted by atomic mass is 32.2. The van der Waals surface area contributed by atoms with Crippen LogP contribution < -0.4 is 10.5 Å². The molecule has 0 radical (unpaired) electrons. The Bertz CT molecular complexity index is 766. The van der Waals surface area contributed by atoms with Crippen LogP contribution in [0.4, 0.5) is 11.4 Å². The normalized spacial score (nSPS) is 11.2. The van der Waals surface area contributed by atoms with Gasteiger partial charge in [0.05, 0.1) is 17.6 Å². The predicted molar refractivity (Wildman–Crippen MR) is 71.8 cm³/mol. The molecule has 1 aromatic heterocycles. The first kappa shape index (κ1) is 13.9. The van der Waals surface area contributed by atoms with Crippen LogP contribution in [0, 0.1) is 0 Å². The molecule has 0 unspecified atom stereocenters. The van der Waals surface area contributed by atoms with E-state index in [0.29, 0.717) is 0 Å². The number of carboxylic acid groups (broad SMARTS) is 1. The minimum atomic E-state index is -3.97. The van der Waals surface area contributed by atoms with E-state index in [4.69, 9.17) is 10.8 Å². The van der Waals surface area contributed by atoms with Crippen LogP contribution in [0.3, 0.4) is 0 Å². The second-order valence-electron chi connectivity index (χ2n) is 4.09. The maximum absolute atomic E-state index is 12.1. The highest BCUT2D eigenvalue weighted by Gasteiger charge is 2.20. The zero-order valence-electron chi connectivity index (χ0n) is 10.4. The minimum Gasteiger partial charge on any atom is -0.478 e. The molecule has 0 aliphatic rings. The number of aromatic nitrogens is 2. The maximum atomic E-state index is 12.1. The molecular weight excluding hydrogens is 284 g/mol. The Labute approximate surface area is 114 Å². The van der Waals surface area contributed by atoms with Gasteiger partial charge in [-0.2, -0.15) is 8.42 Å². The van der Waals surface area contributed by atoms with Crippen LogP contribution in [-0.4, -0.2) is 29.0 Å². The molecule has 0 saturated carbocycles. The summed E-state index contributed by atoms with van der Waals surface area (Å²) in [5, 5.41) is 8.82. The van der Waals surface area contributed by atoms with Crippen molar-refractivity contribution in [2.24, 2.45) is 7.05 Å². The van der Waals surface area contributed by atoms with Crippen molar-refractivity contribution >= 4 is 27.4 Å². The Kier molecular flexibility index (Phi) is 3.36. The van der Waals surface area contributed by atoms with Gasteiger partial charge in [-0.05, 0) is 18.2 Å². The number of nitrogens with one attached hydrogen (secondary N) is 1. The third-order valence-electron chi connectivity index (χ3n) is 2.47. The number of nitrogens with two attached hydrogens (primary N) is 1. The highest BCUT2D eigenvalue weighted by Crippen LogP contribution is 2.22. The molecule has 20 heavy (non-hydrogen) atoms. The number of sulfonamides is 1. The van der Waals surface area contributed by atoms with E-state index in [1.807, 2.05) is 0 Å². The summed E-state index contributed by atoms with van der Waals surface area (Å²) in [6.07, 6.45) is 2.63. The summed E-state index contributed by atoms with van der Waals surface area (Å²) in [4.78, 5) is 14.8. The first-order valence-electron chi connectivity index (χ1n) is 5.43. The van der Waals surface area contributed by atoms with Gasteiger partial charge in [0.15, 0.2) is 5.03 Å². The molecule has 2 aromatic rings. The molecule has 2 rings (SSSR count). The molecule has 8 nitrogen and oxygen atoms in total. The van der Waals surface area contributed by atoms with Crippen LogP contribution in [0.2, 0.25) is 0 Å². The second-order valence-corrected chi connectivity index (χ2v) is 5.72. The molecule has 4 N–H and O–H groups in total. The molecule has 0 fully saturated rings. The molecule has 0 bridgehead atoms. The number of hydrogen-bond donors (Lipinski definition) is 3. The molecular formula is C11H12N4O4S. The largest absolute Gasteiger partial charge is 0.478 e. The predicted octanol–water partition coefficient (Wildman–Crippen LogP) is 0.501. The van der Waals surface area contributed by atoms with Crippen molar-refractivity contribution in [2.45, 2.75) is 5.03 Å². The molecule has 0 spiro atoms. The number of aryl methyl sites for hydroxylation is 1. The summed E-state index contributed by atoms with van der Waals surface area (Å²) in [5.41, 5.74) is 5.48. The number of imidazole rings is 1. The summed E-state index contributed by atoms with van der Waals surface area (Å²) in [5.74, 6) is -1.26. The number of carbonyl (C=O) groups is 1. The van der Waals surface area contributed by atoms with Gasteiger partial charge >= 0.3 is 5.97 Å². The quantitative estimate of drug-likeness (QED) is 0.705. The first-order chi connectivity index (χ1) is 9.29. The van der Waals surface area contributed by atoms with Crippen molar-refractivity contribution in [3.05, 3.63) is 36.3 Å². The van der Waals surface area contributed by atoms with E-state index in [1.54, 1.807) is 7.05 Å². The number of carboxylic acids is 1. The Morgan fingerprint density at radius 2 is 2.15 bits per heavy atom. The van der Waals surface area contributed by atoms with Gasteiger partial charge in [-0.15, -0.1) is 0 Å². The summed E-state index contributed by atoms with van der Waals surface area (Å²) in [7, 11) is -2.35. The number of benzene rings is 1. The molecule has 0 atom stereocenters. The van der Waals surface area contributed by atoms with Crippen molar-refractivity contribution in [1.82, 2.24) is 9.55 Å². The summed E-state index contributed by atoms with van der Waals surface area (Å²) in [6, 6.07) is 3.85. The average molecular weight is 296 g/mol. The lowest BCUT2D eigenvalue weighted by Gasteiger charge is -2.09. The zero-order chi connectivity index (χ0) is 14.9. The van der Waals surface area contributed by atoms with E-state index in [0.717, 1.165) is 0 Å². The number of aromatic carboxylic acids is 1. The molecule has 106 valence electrons. The van der Waals surface area contributed by atoms with E-state index in [1.165, 1.54) is 35.3 Å². The molecule has 1 aromatic carbocycles. The smallest absolute Gasteiger partial charge is 0.337 e. The fourth-order valence-electron chi connectivity index (χ4n) is 1.56. The van der Waals surface area contributed by atoms with Crippen molar-refractivity contribution in [3.8, 4) is 0 Å². The second kappa shape index (κ2) is 4.85. The van der Waals surface area contributed by atoms with E-state index < -0.39 is 16.0 Å². The minimum absolute atomic E-state index is 0.108. The topological polar surface area (TPSA) is 127 Å². The van der Waals surface area contributed by atoms with Crippen LogP contribution in [0.1, 0.15) is 10.4 Å². The van der Waals surface area contributed by atoms with Crippen molar-refractivity contribution < 1.29 is 18.3 Å². The average Bonchev–Trinajstić information content (AvgIpc) is 2.75. The van der Waals surface area contributed by atoms with Gasteiger partial charge in [-0.3, -0.25) is 4.72 Å². The number of anilines is 2. The third-order valence-corrected chi connectivity index (χ3v) is 3.72. The summed E-state index contributed by atoms with van der Waals surface area (Å²) in [6.45, 7) is 0. The van der Waals surface area contributed by atoms with E-state index in [2.05, 4.69) is 9.71 Å². The summed E-state index contributed by atoms with van der Waals surface area (Å²) >= 11 is 0. The third kappa shape index (κ3) is 2.72. The fraction of sp³-hybridized carbons (Fsp3) is 0.0909. The fourth-order valence-corrected chi connectivity index (χ4v) is 2.61. The molecule has 1 heterocycles. The zero-order valence-corrected chi connectivity index (χ0v) is 11.3. The van der Waals surface area contributed by atoms with E-state index in [9.17, 15) is 13.2 Å². The lowest BCUT2D eigenvalue weighted by molar-refractivity contribution is 0.0698. The van der Waals surface area contributed by atoms with Crippen molar-refractivity contribution in [3.63, 3.8) is 0 Å². The van der Waals surface area contributed by atoms with Crippen LogP contribution >= 0.6 is 0 Å². The molecule has 0 aliphatic heterocycles. The van der Waals surface area contributed by atoms with E-state index in [-0.39, 0.29) is 22.0 Å². The number of nitrogens with zero attached hydrogens (tertiary/aromatic N) is 2. The summed E-state index contributed by atoms with van der Waals surface area (Å²) < 4.78 is 27.8. The van der Waals surface area contributed by atoms with Gasteiger partial charge in [-0.25, -0.2) is 9.78 Å². The van der Waals surface area contributed by atoms with Gasteiger partial charge < -0.3 is 15.4 Å². The maximum Gasteiger partial charge on any atom is 0.337 e. The lowest BCUT2D eigenvalue weighted by Crippen LogP contribution is -2.16.